The van der Waals surface area contributed by atoms with Crippen molar-refractivity contribution >= 4 is 11.9 Å². The molecule has 1 aliphatic rings. The number of hydrogen-bond donors (Lipinski definition) is 1. The fourth-order valence-electron chi connectivity index (χ4n) is 2.39. The maximum absolute atomic E-state index is 11.6. The molecule has 4 heteroatoms. The number of rotatable bonds is 5. The number of esters is 1. The van der Waals surface area contributed by atoms with E-state index in [4.69, 9.17) is 4.74 Å². The van der Waals surface area contributed by atoms with Crippen LogP contribution in [-0.4, -0.2) is 23.1 Å². The number of aliphatic carboxylic acids is 1. The summed E-state index contributed by atoms with van der Waals surface area (Å²) in [5.41, 5.74) is 1.07. The average molecular weight is 352 g/mol. The van der Waals surface area contributed by atoms with Crippen molar-refractivity contribution < 1.29 is 19.4 Å². The van der Waals surface area contributed by atoms with Crippen LogP contribution in [0.3, 0.4) is 0 Å². The first-order chi connectivity index (χ1) is 12.4. The van der Waals surface area contributed by atoms with Gasteiger partial charge in [0.25, 0.3) is 0 Å². The molecule has 0 aromatic heterocycles. The third kappa shape index (κ3) is 4.82. The Morgan fingerprint density at radius 2 is 1.42 bits per heavy atom. The van der Waals surface area contributed by atoms with Gasteiger partial charge in [0.15, 0.2) is 0 Å². The van der Waals surface area contributed by atoms with E-state index in [2.05, 4.69) is 6.58 Å². The topological polar surface area (TPSA) is 63.6 Å². The van der Waals surface area contributed by atoms with Gasteiger partial charge in [-0.3, -0.25) is 4.79 Å². The fourth-order valence-corrected chi connectivity index (χ4v) is 2.39. The standard InChI is InChI=1S/C15H14O2.C7H10O2/c1-15(14(16)17,12-8-4-2-5-9-12)13-10-6-3-7-11-13;1-5(2)7(8)9-6-3-4-6/h2-11H,1H3,(H,16,17);6H,1,3-4H2,2H3. The van der Waals surface area contributed by atoms with Crippen LogP contribution in [0, 0.1) is 0 Å². The third-order valence-corrected chi connectivity index (χ3v) is 4.28. The van der Waals surface area contributed by atoms with Crippen molar-refractivity contribution in [1.82, 2.24) is 0 Å². The highest BCUT2D eigenvalue weighted by molar-refractivity contribution is 5.87. The van der Waals surface area contributed by atoms with E-state index < -0.39 is 11.4 Å². The zero-order valence-electron chi connectivity index (χ0n) is 15.1. The minimum Gasteiger partial charge on any atom is -0.480 e. The summed E-state index contributed by atoms with van der Waals surface area (Å²) in [6.07, 6.45) is 2.26. The highest BCUT2D eigenvalue weighted by atomic mass is 16.5. The molecular weight excluding hydrogens is 328 g/mol. The molecule has 0 unspecified atom stereocenters. The summed E-state index contributed by atoms with van der Waals surface area (Å²) < 4.78 is 4.88. The van der Waals surface area contributed by atoms with Crippen LogP contribution in [0.4, 0.5) is 0 Å². The van der Waals surface area contributed by atoms with E-state index in [9.17, 15) is 14.7 Å². The lowest BCUT2D eigenvalue weighted by Gasteiger charge is -2.25. The second-order valence-electron chi connectivity index (χ2n) is 6.55. The van der Waals surface area contributed by atoms with E-state index in [1.165, 1.54) is 0 Å². The van der Waals surface area contributed by atoms with Crippen molar-refractivity contribution in [3.05, 3.63) is 83.9 Å². The molecule has 1 fully saturated rings. The van der Waals surface area contributed by atoms with Crippen LogP contribution in [0.5, 0.6) is 0 Å². The number of hydrogen-bond acceptors (Lipinski definition) is 3. The Kier molecular flexibility index (Phi) is 6.34. The molecule has 0 bridgehead atoms. The van der Waals surface area contributed by atoms with Gasteiger partial charge in [-0.15, -0.1) is 0 Å². The summed E-state index contributed by atoms with van der Waals surface area (Å²) in [7, 11) is 0. The summed E-state index contributed by atoms with van der Waals surface area (Å²) in [6, 6.07) is 18.6. The maximum atomic E-state index is 11.6. The van der Waals surface area contributed by atoms with Gasteiger partial charge < -0.3 is 9.84 Å². The van der Waals surface area contributed by atoms with Crippen molar-refractivity contribution in [2.24, 2.45) is 0 Å². The number of benzene rings is 2. The minimum absolute atomic E-state index is 0.203. The van der Waals surface area contributed by atoms with Gasteiger partial charge in [0, 0.05) is 5.57 Å². The molecule has 136 valence electrons. The molecular formula is C22H24O4. The van der Waals surface area contributed by atoms with Crippen LogP contribution < -0.4 is 0 Å². The number of carboxylic acid groups (broad SMARTS) is 1. The van der Waals surface area contributed by atoms with Gasteiger partial charge in [0.05, 0.1) is 0 Å². The molecule has 1 saturated carbocycles. The molecule has 4 nitrogen and oxygen atoms in total. The number of carbonyl (C=O) groups excluding carboxylic acids is 1. The first-order valence-electron chi connectivity index (χ1n) is 8.56. The summed E-state index contributed by atoms with van der Waals surface area (Å²) in [5, 5.41) is 9.54. The van der Waals surface area contributed by atoms with E-state index in [-0.39, 0.29) is 12.1 Å². The fraction of sp³-hybridized carbons (Fsp3) is 0.273. The molecule has 2 aromatic carbocycles. The second-order valence-corrected chi connectivity index (χ2v) is 6.55. The van der Waals surface area contributed by atoms with Gasteiger partial charge in [-0.25, -0.2) is 4.79 Å². The minimum atomic E-state index is -0.998. The summed E-state index contributed by atoms with van der Waals surface area (Å²) in [5.74, 6) is -1.09. The van der Waals surface area contributed by atoms with E-state index in [1.54, 1.807) is 13.8 Å². The molecule has 0 heterocycles. The second kappa shape index (κ2) is 8.48. The lowest BCUT2D eigenvalue weighted by atomic mass is 9.76. The zero-order valence-corrected chi connectivity index (χ0v) is 15.1. The third-order valence-electron chi connectivity index (χ3n) is 4.28. The quantitative estimate of drug-likeness (QED) is 0.642. The van der Waals surface area contributed by atoms with Crippen LogP contribution in [0.1, 0.15) is 37.8 Å². The van der Waals surface area contributed by atoms with Crippen LogP contribution in [0.2, 0.25) is 0 Å². The van der Waals surface area contributed by atoms with E-state index in [0.29, 0.717) is 5.57 Å². The van der Waals surface area contributed by atoms with Crippen LogP contribution in [-0.2, 0) is 19.7 Å². The van der Waals surface area contributed by atoms with Gasteiger partial charge in [-0.2, -0.15) is 0 Å². The molecule has 0 atom stereocenters. The zero-order chi connectivity index (χ0) is 19.2. The van der Waals surface area contributed by atoms with Gasteiger partial charge >= 0.3 is 11.9 Å². The van der Waals surface area contributed by atoms with Crippen molar-refractivity contribution in [2.75, 3.05) is 0 Å². The Labute approximate surface area is 154 Å². The Bertz CT molecular complexity index is 722. The molecule has 3 rings (SSSR count). The maximum Gasteiger partial charge on any atom is 0.333 e. The molecule has 26 heavy (non-hydrogen) atoms. The largest absolute Gasteiger partial charge is 0.480 e. The molecule has 1 aliphatic carbocycles. The predicted octanol–water partition coefficient (Wildman–Crippen LogP) is 4.35. The Morgan fingerprint density at radius 1 is 1.00 bits per heavy atom. The van der Waals surface area contributed by atoms with Gasteiger partial charge in [0.2, 0.25) is 0 Å². The highest BCUT2D eigenvalue weighted by Crippen LogP contribution is 2.31. The Balaban J connectivity index is 0.000000228. The number of ether oxygens (including phenoxy) is 1. The normalized spacial score (nSPS) is 13.2. The Morgan fingerprint density at radius 3 is 1.73 bits per heavy atom. The monoisotopic (exact) mass is 352 g/mol. The molecule has 0 spiro atoms. The van der Waals surface area contributed by atoms with Crippen molar-refractivity contribution in [3.8, 4) is 0 Å². The predicted molar refractivity (Wildman–Crippen MR) is 101 cm³/mol. The molecule has 1 N–H and O–H groups in total. The van der Waals surface area contributed by atoms with Crippen LogP contribution in [0.15, 0.2) is 72.8 Å². The van der Waals surface area contributed by atoms with E-state index in [0.717, 1.165) is 24.0 Å². The molecule has 0 saturated heterocycles. The molecule has 2 aromatic rings. The van der Waals surface area contributed by atoms with Crippen LogP contribution >= 0.6 is 0 Å². The summed E-state index contributed by atoms with van der Waals surface area (Å²) in [6.45, 7) is 6.85. The average Bonchev–Trinajstić information content (AvgIpc) is 3.46. The smallest absolute Gasteiger partial charge is 0.333 e. The van der Waals surface area contributed by atoms with E-state index in [1.807, 2.05) is 60.7 Å². The van der Waals surface area contributed by atoms with Crippen LogP contribution in [0.25, 0.3) is 0 Å². The van der Waals surface area contributed by atoms with Crippen molar-refractivity contribution in [1.29, 1.82) is 0 Å². The summed E-state index contributed by atoms with van der Waals surface area (Å²) >= 11 is 0. The number of carboxylic acids is 1. The number of carbonyl (C=O) groups is 2. The Hall–Kier alpha value is -2.88. The van der Waals surface area contributed by atoms with E-state index >= 15 is 0 Å². The molecule has 0 amide bonds. The van der Waals surface area contributed by atoms with Crippen molar-refractivity contribution in [3.63, 3.8) is 0 Å². The van der Waals surface area contributed by atoms with Crippen molar-refractivity contribution in [2.45, 2.75) is 38.2 Å². The lowest BCUT2D eigenvalue weighted by Crippen LogP contribution is -2.33. The molecule has 0 aliphatic heterocycles. The van der Waals surface area contributed by atoms with Gasteiger partial charge in [-0.05, 0) is 37.8 Å². The summed E-state index contributed by atoms with van der Waals surface area (Å²) in [4.78, 5) is 22.3. The van der Waals surface area contributed by atoms with Gasteiger partial charge in [-0.1, -0.05) is 67.2 Å². The first-order valence-corrected chi connectivity index (χ1v) is 8.56. The first kappa shape index (κ1) is 19.4. The highest BCUT2D eigenvalue weighted by Gasteiger charge is 2.36. The molecule has 0 radical (unpaired) electrons. The SMILES string of the molecule is C=C(C)C(=O)OC1CC1.CC(C(=O)O)(c1ccccc1)c1ccccc1. The lowest BCUT2D eigenvalue weighted by molar-refractivity contribution is -0.142. The van der Waals surface area contributed by atoms with Gasteiger partial charge in [0.1, 0.15) is 11.5 Å².